The lowest BCUT2D eigenvalue weighted by molar-refractivity contribution is 0.455. The molecule has 2 aromatic heterocycles. The minimum absolute atomic E-state index is 0.0891. The first-order valence-corrected chi connectivity index (χ1v) is 6.61. The fourth-order valence-corrected chi connectivity index (χ4v) is 1.89. The summed E-state index contributed by atoms with van der Waals surface area (Å²) >= 11 is 0. The maximum atomic E-state index is 10.0. The molecule has 0 spiro atoms. The molecule has 112 valence electrons. The van der Waals surface area contributed by atoms with Gasteiger partial charge in [-0.25, -0.2) is 15.0 Å². The van der Waals surface area contributed by atoms with Crippen LogP contribution in [0.4, 0.5) is 5.69 Å². The van der Waals surface area contributed by atoms with Crippen LogP contribution in [0.25, 0.3) is 22.8 Å². The van der Waals surface area contributed by atoms with Crippen LogP contribution in [0.15, 0.2) is 24.8 Å². The number of benzene rings is 1. The van der Waals surface area contributed by atoms with Gasteiger partial charge in [0.05, 0.1) is 11.7 Å². The molecule has 3 aromatic rings. The molecule has 3 rings (SSSR count). The van der Waals surface area contributed by atoms with Crippen molar-refractivity contribution in [3.63, 3.8) is 0 Å². The Balaban J connectivity index is 2.12. The van der Waals surface area contributed by atoms with Crippen LogP contribution < -0.4 is 5.73 Å². The third-order valence-electron chi connectivity index (χ3n) is 3.04. The van der Waals surface area contributed by atoms with E-state index in [-0.39, 0.29) is 17.5 Å². The van der Waals surface area contributed by atoms with Crippen LogP contribution in [-0.2, 0) is 0 Å². The number of nitrogen functional groups attached to an aromatic ring is 1. The third-order valence-corrected chi connectivity index (χ3v) is 3.04. The Morgan fingerprint density at radius 2 is 1.86 bits per heavy atom. The van der Waals surface area contributed by atoms with Crippen LogP contribution in [0.2, 0.25) is 0 Å². The number of aromatic nitrogens is 7. The summed E-state index contributed by atoms with van der Waals surface area (Å²) in [7, 11) is 0. The highest BCUT2D eigenvalue weighted by Crippen LogP contribution is 2.34. The Morgan fingerprint density at radius 1 is 1.14 bits per heavy atom. The van der Waals surface area contributed by atoms with Gasteiger partial charge in [0.2, 0.25) is 5.82 Å². The number of tetrazole rings is 1. The highest BCUT2D eigenvalue weighted by molar-refractivity contribution is 5.81. The maximum Gasteiger partial charge on any atom is 0.205 e. The highest BCUT2D eigenvalue weighted by atomic mass is 16.3. The van der Waals surface area contributed by atoms with Gasteiger partial charge >= 0.3 is 0 Å². The molecule has 9 heteroatoms. The quantitative estimate of drug-likeness (QED) is 0.542. The normalized spacial score (nSPS) is 11.0. The molecule has 0 fully saturated rings. The van der Waals surface area contributed by atoms with Gasteiger partial charge in [-0.1, -0.05) is 0 Å². The van der Waals surface area contributed by atoms with Gasteiger partial charge in [-0.15, -0.1) is 10.2 Å². The lowest BCUT2D eigenvalue weighted by Crippen LogP contribution is -2.04. The van der Waals surface area contributed by atoms with E-state index in [9.17, 15) is 5.11 Å². The fraction of sp³-hybridized carbons (Fsp3) is 0.231. The number of hydrogen-bond donors (Lipinski definition) is 2. The lowest BCUT2D eigenvalue weighted by Gasteiger charge is -2.08. The van der Waals surface area contributed by atoms with Crippen LogP contribution in [-0.4, -0.2) is 40.3 Å². The summed E-state index contributed by atoms with van der Waals surface area (Å²) in [5, 5.41) is 22.3. The van der Waals surface area contributed by atoms with E-state index in [4.69, 9.17) is 5.73 Å². The fourth-order valence-electron chi connectivity index (χ4n) is 1.89. The number of hydrogen-bond acceptors (Lipinski definition) is 8. The molecule has 0 aliphatic carbocycles. The van der Waals surface area contributed by atoms with Gasteiger partial charge in [0.25, 0.3) is 0 Å². The standard InChI is InChI=1S/C13H14N8O/c1-7(2)21-19-12(18-20-21)8-3-9(11(14)10(22)4-8)13-16-5-15-6-17-13/h3-7,22H,14H2,1-2H3. The first kappa shape index (κ1) is 13.9. The molecular formula is C13H14N8O. The van der Waals surface area contributed by atoms with Gasteiger partial charge in [0, 0.05) is 11.1 Å². The SMILES string of the molecule is CC(C)n1nnc(-c2cc(O)c(N)c(-c3ncncn3)c2)n1. The van der Waals surface area contributed by atoms with Crippen LogP contribution in [0.5, 0.6) is 5.75 Å². The van der Waals surface area contributed by atoms with Crippen molar-refractivity contribution in [3.05, 3.63) is 24.8 Å². The molecule has 0 aliphatic rings. The molecule has 3 N–H and O–H groups in total. The average molecular weight is 298 g/mol. The second-order valence-corrected chi connectivity index (χ2v) is 4.95. The maximum absolute atomic E-state index is 10.0. The minimum Gasteiger partial charge on any atom is -0.506 e. The number of anilines is 1. The van der Waals surface area contributed by atoms with Crippen molar-refractivity contribution in [2.45, 2.75) is 19.9 Å². The summed E-state index contributed by atoms with van der Waals surface area (Å²) in [5.74, 6) is 0.661. The summed E-state index contributed by atoms with van der Waals surface area (Å²) in [6, 6.07) is 3.29. The summed E-state index contributed by atoms with van der Waals surface area (Å²) in [5.41, 5.74) is 7.15. The molecule has 0 bridgehead atoms. The molecule has 0 saturated heterocycles. The van der Waals surface area contributed by atoms with Gasteiger partial charge < -0.3 is 10.8 Å². The Bertz CT molecular complexity index is 799. The molecule has 0 radical (unpaired) electrons. The predicted octanol–water partition coefficient (Wildman–Crippen LogP) is 1.06. The number of phenols is 1. The lowest BCUT2D eigenvalue weighted by atomic mass is 10.1. The Kier molecular flexibility index (Phi) is 3.37. The molecule has 0 amide bonds. The van der Waals surface area contributed by atoms with E-state index in [0.29, 0.717) is 22.8 Å². The van der Waals surface area contributed by atoms with Gasteiger partial charge in [-0.2, -0.15) is 4.80 Å². The van der Waals surface area contributed by atoms with Crippen LogP contribution in [0.1, 0.15) is 19.9 Å². The molecule has 0 saturated carbocycles. The van der Waals surface area contributed by atoms with Gasteiger partial charge in [0.15, 0.2) is 5.82 Å². The van der Waals surface area contributed by atoms with Crippen molar-refractivity contribution in [2.24, 2.45) is 0 Å². The Labute approximate surface area is 125 Å². The zero-order valence-electron chi connectivity index (χ0n) is 12.0. The number of rotatable bonds is 3. The average Bonchev–Trinajstić information content (AvgIpc) is 3.01. The topological polar surface area (TPSA) is 129 Å². The van der Waals surface area contributed by atoms with E-state index < -0.39 is 0 Å². The van der Waals surface area contributed by atoms with Crippen molar-refractivity contribution in [3.8, 4) is 28.5 Å². The Morgan fingerprint density at radius 3 is 2.50 bits per heavy atom. The van der Waals surface area contributed by atoms with E-state index >= 15 is 0 Å². The molecule has 0 unspecified atom stereocenters. The van der Waals surface area contributed by atoms with E-state index in [1.165, 1.54) is 23.5 Å². The number of aromatic hydroxyl groups is 1. The third kappa shape index (κ3) is 2.43. The van der Waals surface area contributed by atoms with E-state index in [2.05, 4.69) is 30.4 Å². The van der Waals surface area contributed by atoms with Gasteiger partial charge in [0.1, 0.15) is 18.4 Å². The van der Waals surface area contributed by atoms with Crippen LogP contribution in [0.3, 0.4) is 0 Å². The highest BCUT2D eigenvalue weighted by Gasteiger charge is 2.15. The molecule has 0 aliphatic heterocycles. The summed E-state index contributed by atoms with van der Waals surface area (Å²) in [4.78, 5) is 13.3. The molecule has 9 nitrogen and oxygen atoms in total. The summed E-state index contributed by atoms with van der Waals surface area (Å²) in [6.45, 7) is 3.89. The van der Waals surface area contributed by atoms with Crippen molar-refractivity contribution in [1.82, 2.24) is 35.2 Å². The second-order valence-electron chi connectivity index (χ2n) is 4.95. The molecule has 0 atom stereocenters. The van der Waals surface area contributed by atoms with Crippen molar-refractivity contribution >= 4 is 5.69 Å². The summed E-state index contributed by atoms with van der Waals surface area (Å²) < 4.78 is 0. The second kappa shape index (κ2) is 5.35. The summed E-state index contributed by atoms with van der Waals surface area (Å²) in [6.07, 6.45) is 2.72. The first-order chi connectivity index (χ1) is 10.6. The van der Waals surface area contributed by atoms with Crippen molar-refractivity contribution < 1.29 is 5.11 Å². The minimum atomic E-state index is -0.0891. The Hall–Kier alpha value is -3.10. The zero-order chi connectivity index (χ0) is 15.7. The van der Waals surface area contributed by atoms with E-state index in [1.807, 2.05) is 13.8 Å². The molecule has 22 heavy (non-hydrogen) atoms. The number of phenolic OH excluding ortho intramolecular Hbond substituents is 1. The largest absolute Gasteiger partial charge is 0.506 e. The first-order valence-electron chi connectivity index (χ1n) is 6.61. The van der Waals surface area contributed by atoms with Crippen LogP contribution in [0, 0.1) is 0 Å². The van der Waals surface area contributed by atoms with Crippen LogP contribution >= 0.6 is 0 Å². The van der Waals surface area contributed by atoms with E-state index in [1.54, 1.807) is 6.07 Å². The monoisotopic (exact) mass is 298 g/mol. The number of nitrogens with zero attached hydrogens (tertiary/aromatic N) is 7. The van der Waals surface area contributed by atoms with Crippen molar-refractivity contribution in [2.75, 3.05) is 5.73 Å². The molecule has 2 heterocycles. The smallest absolute Gasteiger partial charge is 0.205 e. The number of nitrogens with two attached hydrogens (primary N) is 1. The van der Waals surface area contributed by atoms with E-state index in [0.717, 1.165) is 0 Å². The van der Waals surface area contributed by atoms with Gasteiger partial charge in [-0.05, 0) is 31.2 Å². The van der Waals surface area contributed by atoms with Crippen molar-refractivity contribution in [1.29, 1.82) is 0 Å². The molecular weight excluding hydrogens is 284 g/mol. The van der Waals surface area contributed by atoms with Gasteiger partial charge in [-0.3, -0.25) is 0 Å². The predicted molar refractivity (Wildman–Crippen MR) is 78.5 cm³/mol. The molecule has 1 aromatic carbocycles. The zero-order valence-corrected chi connectivity index (χ0v) is 12.0.